The molecule has 0 amide bonds. The van der Waals surface area contributed by atoms with Crippen LogP contribution in [-0.4, -0.2) is 49.8 Å². The molecule has 0 bridgehead atoms. The fraction of sp³-hybridized carbons (Fsp3) is 0.500. The molecule has 1 fully saturated rings. The maximum absolute atomic E-state index is 9.07. The van der Waals surface area contributed by atoms with Gasteiger partial charge in [0.25, 0.3) is 0 Å². The minimum Gasteiger partial charge on any atom is -0.474 e. The van der Waals surface area contributed by atoms with Crippen molar-refractivity contribution in [3.05, 3.63) is 36.2 Å². The first kappa shape index (κ1) is 22.0. The minimum atomic E-state index is 0.0713. The van der Waals surface area contributed by atoms with E-state index < -0.39 is 0 Å². The third-order valence-corrected chi connectivity index (χ3v) is 6.24. The first-order valence-corrected chi connectivity index (χ1v) is 11.4. The lowest BCUT2D eigenvalue weighted by Gasteiger charge is -2.44. The summed E-state index contributed by atoms with van der Waals surface area (Å²) in [5, 5.41) is 20.4. The molecule has 0 spiro atoms. The number of H-pyrrole nitrogens is 1. The van der Waals surface area contributed by atoms with Gasteiger partial charge in [-0.15, -0.1) is 0 Å². The number of aromatic amines is 1. The smallest absolute Gasteiger partial charge is 0.225 e. The molecule has 1 aliphatic heterocycles. The molecule has 2 N–H and O–H groups in total. The zero-order valence-corrected chi connectivity index (χ0v) is 19.0. The SMILES string of the molecule is CCC1CC(Oc2nc(Nc3cc(C)[nH]n3)cc3ncccc23)CC(CC)N1CCC#N. The summed E-state index contributed by atoms with van der Waals surface area (Å²) in [6, 6.07) is 10.9. The molecule has 8 heteroatoms. The second kappa shape index (κ2) is 9.96. The predicted octanol–water partition coefficient (Wildman–Crippen LogP) is 4.72. The molecule has 0 aliphatic carbocycles. The molecule has 32 heavy (non-hydrogen) atoms. The van der Waals surface area contributed by atoms with Crippen molar-refractivity contribution in [3.63, 3.8) is 0 Å². The summed E-state index contributed by atoms with van der Waals surface area (Å²) in [6.07, 6.45) is 6.35. The fourth-order valence-corrected chi connectivity index (χ4v) is 4.68. The van der Waals surface area contributed by atoms with E-state index in [0.29, 0.717) is 36.0 Å². The van der Waals surface area contributed by atoms with Crippen molar-refractivity contribution >= 4 is 22.5 Å². The van der Waals surface area contributed by atoms with Crippen molar-refractivity contribution in [1.29, 1.82) is 5.26 Å². The fourth-order valence-electron chi connectivity index (χ4n) is 4.68. The molecule has 168 valence electrons. The third kappa shape index (κ3) is 4.83. The van der Waals surface area contributed by atoms with Gasteiger partial charge < -0.3 is 10.1 Å². The summed E-state index contributed by atoms with van der Waals surface area (Å²) < 4.78 is 6.56. The van der Waals surface area contributed by atoms with Crippen LogP contribution in [0.25, 0.3) is 10.9 Å². The highest BCUT2D eigenvalue weighted by Crippen LogP contribution is 2.33. The molecule has 3 aromatic heterocycles. The van der Waals surface area contributed by atoms with E-state index in [1.54, 1.807) is 6.20 Å². The number of likely N-dealkylation sites (tertiary alicyclic amines) is 1. The average molecular weight is 434 g/mol. The molecule has 0 saturated carbocycles. The monoisotopic (exact) mass is 433 g/mol. The summed E-state index contributed by atoms with van der Waals surface area (Å²) >= 11 is 0. The van der Waals surface area contributed by atoms with Crippen LogP contribution in [0.1, 0.15) is 51.6 Å². The third-order valence-electron chi connectivity index (χ3n) is 6.24. The van der Waals surface area contributed by atoms with E-state index in [1.807, 2.05) is 31.2 Å². The molecule has 3 aromatic rings. The van der Waals surface area contributed by atoms with Crippen LogP contribution in [0.15, 0.2) is 30.5 Å². The van der Waals surface area contributed by atoms with Gasteiger partial charge in [-0.25, -0.2) is 0 Å². The van der Waals surface area contributed by atoms with Crippen LogP contribution < -0.4 is 10.1 Å². The van der Waals surface area contributed by atoms with Gasteiger partial charge in [0, 0.05) is 49.1 Å². The summed E-state index contributed by atoms with van der Waals surface area (Å²) in [5.74, 6) is 1.97. The van der Waals surface area contributed by atoms with Gasteiger partial charge in [-0.05, 0) is 44.7 Å². The number of fused-ring (bicyclic) bond motifs is 1. The molecule has 0 aromatic carbocycles. The first-order chi connectivity index (χ1) is 15.6. The summed E-state index contributed by atoms with van der Waals surface area (Å²) in [7, 11) is 0. The molecule has 0 radical (unpaired) electrons. The van der Waals surface area contributed by atoms with Crippen LogP contribution in [-0.2, 0) is 0 Å². The van der Waals surface area contributed by atoms with Crippen LogP contribution in [0.3, 0.4) is 0 Å². The first-order valence-electron chi connectivity index (χ1n) is 11.4. The predicted molar refractivity (Wildman–Crippen MR) is 125 cm³/mol. The molecule has 1 aliphatic rings. The summed E-state index contributed by atoms with van der Waals surface area (Å²) in [4.78, 5) is 11.8. The maximum Gasteiger partial charge on any atom is 0.225 e. The molecule has 8 nitrogen and oxygen atoms in total. The number of aryl methyl sites for hydroxylation is 1. The minimum absolute atomic E-state index is 0.0713. The Labute approximate surface area is 189 Å². The van der Waals surface area contributed by atoms with Crippen molar-refractivity contribution in [1.82, 2.24) is 25.1 Å². The van der Waals surface area contributed by atoms with Crippen LogP contribution in [0.2, 0.25) is 0 Å². The van der Waals surface area contributed by atoms with Gasteiger partial charge >= 0.3 is 0 Å². The van der Waals surface area contributed by atoms with E-state index in [2.05, 4.69) is 45.3 Å². The standard InChI is InChI=1S/C24H31N7O/c1-4-17-13-19(14-18(5-2)31(17)11-7-9-25)32-24-20-8-6-10-26-21(20)15-22(28-24)27-23-12-16(3)29-30-23/h6,8,10,12,15,17-19H,4-5,7,11,13-14H2,1-3H3,(H2,27,28,29,30). The van der Waals surface area contributed by atoms with Crippen molar-refractivity contribution in [2.45, 2.75) is 71.1 Å². The summed E-state index contributed by atoms with van der Waals surface area (Å²) in [5.41, 5.74) is 1.81. The highest BCUT2D eigenvalue weighted by molar-refractivity contribution is 5.86. The van der Waals surface area contributed by atoms with E-state index in [-0.39, 0.29) is 6.10 Å². The second-order valence-corrected chi connectivity index (χ2v) is 8.43. The Morgan fingerprint density at radius 1 is 1.22 bits per heavy atom. The lowest BCUT2D eigenvalue weighted by molar-refractivity contribution is 0.00907. The Morgan fingerprint density at radius 3 is 2.66 bits per heavy atom. The van der Waals surface area contributed by atoms with E-state index in [4.69, 9.17) is 15.0 Å². The van der Waals surface area contributed by atoms with Crippen LogP contribution in [0, 0.1) is 18.3 Å². The number of rotatable bonds is 8. The Balaban J connectivity index is 1.59. The van der Waals surface area contributed by atoms with Gasteiger partial charge in [0.2, 0.25) is 5.88 Å². The highest BCUT2D eigenvalue weighted by atomic mass is 16.5. The number of anilines is 2. The van der Waals surface area contributed by atoms with Crippen molar-refractivity contribution < 1.29 is 4.74 Å². The molecule has 1 saturated heterocycles. The highest BCUT2D eigenvalue weighted by Gasteiger charge is 2.35. The lowest BCUT2D eigenvalue weighted by Crippen LogP contribution is -2.51. The van der Waals surface area contributed by atoms with Gasteiger partial charge in [0.05, 0.1) is 17.0 Å². The number of nitrogens with one attached hydrogen (secondary N) is 2. The van der Waals surface area contributed by atoms with Gasteiger partial charge in [-0.1, -0.05) is 13.8 Å². The number of aromatic nitrogens is 4. The van der Waals surface area contributed by atoms with Gasteiger partial charge in [-0.3, -0.25) is 15.0 Å². The molecule has 4 rings (SSSR count). The second-order valence-electron chi connectivity index (χ2n) is 8.43. The zero-order valence-electron chi connectivity index (χ0n) is 19.0. The van der Waals surface area contributed by atoms with E-state index in [1.165, 1.54) is 0 Å². The van der Waals surface area contributed by atoms with Gasteiger partial charge in [0.1, 0.15) is 11.9 Å². The summed E-state index contributed by atoms with van der Waals surface area (Å²) in [6.45, 7) is 7.22. The van der Waals surface area contributed by atoms with Crippen molar-refractivity contribution in [3.8, 4) is 11.9 Å². The maximum atomic E-state index is 9.07. The Hall–Kier alpha value is -3.18. The van der Waals surface area contributed by atoms with Gasteiger partial charge in [-0.2, -0.15) is 15.3 Å². The Kier molecular flexibility index (Phi) is 6.86. The quantitative estimate of drug-likeness (QED) is 0.530. The molecule has 4 heterocycles. The van der Waals surface area contributed by atoms with Crippen molar-refractivity contribution in [2.75, 3.05) is 11.9 Å². The normalized spacial score (nSPS) is 21.4. The number of piperidine rings is 1. The lowest BCUT2D eigenvalue weighted by atomic mass is 9.90. The zero-order chi connectivity index (χ0) is 22.5. The molecule has 2 unspecified atom stereocenters. The van der Waals surface area contributed by atoms with E-state index in [0.717, 1.165) is 48.8 Å². The van der Waals surface area contributed by atoms with Crippen molar-refractivity contribution in [2.24, 2.45) is 0 Å². The van der Waals surface area contributed by atoms with Crippen LogP contribution in [0.5, 0.6) is 5.88 Å². The van der Waals surface area contributed by atoms with E-state index in [9.17, 15) is 0 Å². The van der Waals surface area contributed by atoms with Gasteiger partial charge in [0.15, 0.2) is 5.82 Å². The topological polar surface area (TPSA) is 103 Å². The Morgan fingerprint density at radius 2 is 2.00 bits per heavy atom. The van der Waals surface area contributed by atoms with Crippen LogP contribution >= 0.6 is 0 Å². The largest absolute Gasteiger partial charge is 0.474 e. The average Bonchev–Trinajstić information content (AvgIpc) is 3.21. The van der Waals surface area contributed by atoms with Crippen LogP contribution in [0.4, 0.5) is 11.6 Å². The number of hydrogen-bond acceptors (Lipinski definition) is 7. The number of ether oxygens (including phenoxy) is 1. The number of nitrogens with zero attached hydrogens (tertiary/aromatic N) is 5. The molecular weight excluding hydrogens is 402 g/mol. The number of nitriles is 1. The Bertz CT molecular complexity index is 1080. The molecular formula is C24H31N7O. The number of hydrogen-bond donors (Lipinski definition) is 2. The van der Waals surface area contributed by atoms with E-state index >= 15 is 0 Å². The molecule has 2 atom stereocenters. The number of pyridine rings is 2.